The number of rotatable bonds is 8. The van der Waals surface area contributed by atoms with Crippen molar-refractivity contribution in [2.24, 2.45) is 0 Å². The Balaban J connectivity index is 1.51. The van der Waals surface area contributed by atoms with Crippen molar-refractivity contribution >= 4 is 17.8 Å². The van der Waals surface area contributed by atoms with Gasteiger partial charge in [0.05, 0.1) is 6.26 Å². The summed E-state index contributed by atoms with van der Waals surface area (Å²) in [5.41, 5.74) is 2.44. The van der Waals surface area contributed by atoms with Crippen LogP contribution in [-0.4, -0.2) is 35.5 Å². The number of amides is 2. The Bertz CT molecular complexity index is 831. The van der Waals surface area contributed by atoms with Gasteiger partial charge in [-0.05, 0) is 54.9 Å². The van der Waals surface area contributed by atoms with E-state index < -0.39 is 23.8 Å². The summed E-state index contributed by atoms with van der Waals surface area (Å²) in [5.74, 6) is -1.58. The van der Waals surface area contributed by atoms with Gasteiger partial charge in [0.15, 0.2) is 5.76 Å². The Hall–Kier alpha value is -3.09. The van der Waals surface area contributed by atoms with Gasteiger partial charge in [-0.1, -0.05) is 24.3 Å². The standard InChI is InChI=1S/C21H24N2O5/c24-19(10-11-22-20(25)18-9-4-12-28-18)23-17(21(26)27)13-15-7-3-6-14-5-1-2-8-16(14)15/h1-2,4-5,8-9,12,15,17H,3,6-7,10-11,13H2,(H,22,25)(H,23,24)(H,26,27). The number of fused-ring (bicyclic) bond motifs is 1. The zero-order valence-electron chi connectivity index (χ0n) is 15.5. The van der Waals surface area contributed by atoms with Gasteiger partial charge in [-0.3, -0.25) is 9.59 Å². The molecule has 3 rings (SSSR count). The molecule has 2 amide bonds. The Morgan fingerprint density at radius 2 is 2.00 bits per heavy atom. The highest BCUT2D eigenvalue weighted by Gasteiger charge is 2.28. The molecule has 0 saturated heterocycles. The van der Waals surface area contributed by atoms with Crippen molar-refractivity contribution in [2.75, 3.05) is 6.54 Å². The van der Waals surface area contributed by atoms with Crippen molar-refractivity contribution in [3.8, 4) is 0 Å². The minimum atomic E-state index is -1.05. The number of carbonyl (C=O) groups excluding carboxylic acids is 2. The molecule has 1 aliphatic carbocycles. The third-order valence-electron chi connectivity index (χ3n) is 5.03. The Kier molecular flexibility index (Phi) is 6.47. The van der Waals surface area contributed by atoms with Crippen LogP contribution in [0.4, 0.5) is 0 Å². The summed E-state index contributed by atoms with van der Waals surface area (Å²) in [4.78, 5) is 35.6. The van der Waals surface area contributed by atoms with E-state index in [0.717, 1.165) is 19.3 Å². The van der Waals surface area contributed by atoms with Crippen LogP contribution in [0.2, 0.25) is 0 Å². The molecular weight excluding hydrogens is 360 g/mol. The fraction of sp³-hybridized carbons (Fsp3) is 0.381. The van der Waals surface area contributed by atoms with Gasteiger partial charge in [0, 0.05) is 13.0 Å². The molecule has 7 heteroatoms. The minimum absolute atomic E-state index is 0.00250. The number of benzene rings is 1. The number of nitrogens with one attached hydrogen (secondary N) is 2. The second kappa shape index (κ2) is 9.21. The maximum absolute atomic E-state index is 12.2. The predicted octanol–water partition coefficient (Wildman–Crippen LogP) is 2.48. The van der Waals surface area contributed by atoms with E-state index in [1.54, 1.807) is 6.07 Å². The van der Waals surface area contributed by atoms with Crippen LogP contribution in [-0.2, 0) is 16.0 Å². The molecule has 0 spiro atoms. The molecule has 0 aliphatic heterocycles. The van der Waals surface area contributed by atoms with Gasteiger partial charge in [0.2, 0.25) is 5.91 Å². The van der Waals surface area contributed by atoms with Gasteiger partial charge in [-0.15, -0.1) is 0 Å². The van der Waals surface area contributed by atoms with Crippen LogP contribution in [0.15, 0.2) is 47.1 Å². The van der Waals surface area contributed by atoms with E-state index in [0.29, 0.717) is 6.42 Å². The number of aryl methyl sites for hydroxylation is 1. The lowest BCUT2D eigenvalue weighted by Crippen LogP contribution is -2.43. The lowest BCUT2D eigenvalue weighted by Gasteiger charge is -2.28. The molecule has 2 unspecified atom stereocenters. The molecule has 0 bridgehead atoms. The molecule has 0 radical (unpaired) electrons. The zero-order chi connectivity index (χ0) is 19.9. The molecule has 7 nitrogen and oxygen atoms in total. The molecular formula is C21H24N2O5. The quantitative estimate of drug-likeness (QED) is 0.648. The van der Waals surface area contributed by atoms with Gasteiger partial charge in [-0.2, -0.15) is 0 Å². The highest BCUT2D eigenvalue weighted by molar-refractivity contribution is 5.91. The molecule has 3 N–H and O–H groups in total. The number of aliphatic carboxylic acids is 1. The summed E-state index contributed by atoms with van der Waals surface area (Å²) in [6.07, 6.45) is 4.68. The van der Waals surface area contributed by atoms with Crippen LogP contribution >= 0.6 is 0 Å². The van der Waals surface area contributed by atoms with Crippen molar-refractivity contribution in [3.63, 3.8) is 0 Å². The largest absolute Gasteiger partial charge is 0.480 e. The Morgan fingerprint density at radius 3 is 2.75 bits per heavy atom. The number of furan rings is 1. The molecule has 2 aromatic rings. The van der Waals surface area contributed by atoms with Crippen molar-refractivity contribution in [1.29, 1.82) is 0 Å². The fourth-order valence-electron chi connectivity index (χ4n) is 3.66. The normalized spacial score (nSPS) is 16.6. The highest BCUT2D eigenvalue weighted by Crippen LogP contribution is 2.34. The SMILES string of the molecule is O=C(CCNC(=O)c1ccco1)NC(CC1CCCc2ccccc21)C(=O)O. The first-order valence-electron chi connectivity index (χ1n) is 9.46. The van der Waals surface area contributed by atoms with Gasteiger partial charge < -0.3 is 20.2 Å². The molecule has 1 aliphatic rings. The van der Waals surface area contributed by atoms with Gasteiger partial charge in [0.25, 0.3) is 5.91 Å². The molecule has 1 heterocycles. The first kappa shape index (κ1) is 19.7. The lowest BCUT2D eigenvalue weighted by atomic mass is 9.79. The van der Waals surface area contributed by atoms with E-state index >= 15 is 0 Å². The van der Waals surface area contributed by atoms with Crippen molar-refractivity contribution < 1.29 is 23.9 Å². The summed E-state index contributed by atoms with van der Waals surface area (Å²) in [6.45, 7) is 0.101. The van der Waals surface area contributed by atoms with E-state index in [-0.39, 0.29) is 24.6 Å². The number of hydrogen-bond acceptors (Lipinski definition) is 4. The van der Waals surface area contributed by atoms with Crippen molar-refractivity contribution in [3.05, 3.63) is 59.5 Å². The highest BCUT2D eigenvalue weighted by atomic mass is 16.4. The molecule has 2 atom stereocenters. The summed E-state index contributed by atoms with van der Waals surface area (Å²) in [6, 6.07) is 10.3. The summed E-state index contributed by atoms with van der Waals surface area (Å²) in [7, 11) is 0. The summed E-state index contributed by atoms with van der Waals surface area (Å²) < 4.78 is 4.97. The number of hydrogen-bond donors (Lipinski definition) is 3. The second-order valence-corrected chi connectivity index (χ2v) is 6.97. The predicted molar refractivity (Wildman–Crippen MR) is 102 cm³/mol. The molecule has 28 heavy (non-hydrogen) atoms. The maximum atomic E-state index is 12.2. The van der Waals surface area contributed by atoms with E-state index in [4.69, 9.17) is 4.42 Å². The van der Waals surface area contributed by atoms with E-state index in [2.05, 4.69) is 16.7 Å². The van der Waals surface area contributed by atoms with Gasteiger partial charge in [0.1, 0.15) is 6.04 Å². The monoisotopic (exact) mass is 384 g/mol. The Labute approximate surface area is 163 Å². The fourth-order valence-corrected chi connectivity index (χ4v) is 3.66. The molecule has 0 saturated carbocycles. The number of carbonyl (C=O) groups is 3. The van der Waals surface area contributed by atoms with Gasteiger partial charge >= 0.3 is 5.97 Å². The van der Waals surface area contributed by atoms with Crippen LogP contribution in [0.25, 0.3) is 0 Å². The van der Waals surface area contributed by atoms with Crippen LogP contribution in [0.3, 0.4) is 0 Å². The second-order valence-electron chi connectivity index (χ2n) is 6.97. The summed E-state index contributed by atoms with van der Waals surface area (Å²) >= 11 is 0. The maximum Gasteiger partial charge on any atom is 0.326 e. The minimum Gasteiger partial charge on any atom is -0.480 e. The molecule has 1 aromatic heterocycles. The van der Waals surface area contributed by atoms with Crippen LogP contribution in [0.5, 0.6) is 0 Å². The van der Waals surface area contributed by atoms with E-state index in [1.165, 1.54) is 23.5 Å². The first-order chi connectivity index (χ1) is 13.5. The molecule has 0 fully saturated rings. The molecule has 1 aromatic carbocycles. The average molecular weight is 384 g/mol. The van der Waals surface area contributed by atoms with E-state index in [1.807, 2.05) is 18.2 Å². The zero-order valence-corrected chi connectivity index (χ0v) is 15.5. The van der Waals surface area contributed by atoms with Crippen LogP contribution < -0.4 is 10.6 Å². The van der Waals surface area contributed by atoms with Crippen LogP contribution in [0, 0.1) is 0 Å². The molecule has 148 valence electrons. The van der Waals surface area contributed by atoms with E-state index in [9.17, 15) is 19.5 Å². The third-order valence-corrected chi connectivity index (χ3v) is 5.03. The van der Waals surface area contributed by atoms with Gasteiger partial charge in [-0.25, -0.2) is 4.79 Å². The van der Waals surface area contributed by atoms with Crippen molar-refractivity contribution in [1.82, 2.24) is 10.6 Å². The lowest BCUT2D eigenvalue weighted by molar-refractivity contribution is -0.142. The number of carboxylic acids is 1. The average Bonchev–Trinajstić information content (AvgIpc) is 3.22. The first-order valence-corrected chi connectivity index (χ1v) is 9.46. The third kappa shape index (κ3) is 5.00. The smallest absolute Gasteiger partial charge is 0.326 e. The summed E-state index contributed by atoms with van der Waals surface area (Å²) in [5, 5.41) is 14.7. The Morgan fingerprint density at radius 1 is 1.18 bits per heavy atom. The van der Waals surface area contributed by atoms with Crippen molar-refractivity contribution in [2.45, 2.75) is 44.1 Å². The number of carboxylic acid groups (broad SMARTS) is 1. The van der Waals surface area contributed by atoms with Crippen LogP contribution in [0.1, 0.15) is 53.3 Å². The topological polar surface area (TPSA) is 109 Å².